The molecule has 1 aromatic rings. The van der Waals surface area contributed by atoms with E-state index >= 15 is 0 Å². The largest absolute Gasteiger partial charge is 0.331 e. The highest BCUT2D eigenvalue weighted by Crippen LogP contribution is 2.19. The van der Waals surface area contributed by atoms with E-state index in [1.807, 2.05) is 25.1 Å². The number of benzene rings is 1. The lowest BCUT2D eigenvalue weighted by Gasteiger charge is -2.24. The molecule has 0 saturated heterocycles. The molecule has 0 radical (unpaired) electrons. The van der Waals surface area contributed by atoms with Gasteiger partial charge in [-0.3, -0.25) is 0 Å². The third-order valence-electron chi connectivity index (χ3n) is 3.53. The van der Waals surface area contributed by atoms with Crippen molar-refractivity contribution in [3.63, 3.8) is 0 Å². The minimum absolute atomic E-state index is 0.794. The van der Waals surface area contributed by atoms with Gasteiger partial charge in [-0.05, 0) is 37.1 Å². The first kappa shape index (κ1) is 14.2. The smallest absolute Gasteiger partial charge is 0.0978 e. The first-order chi connectivity index (χ1) is 9.19. The van der Waals surface area contributed by atoms with Crippen LogP contribution < -0.4 is 15.8 Å². The maximum atomic E-state index is 6.10. The molecule has 3 N–H and O–H groups in total. The zero-order valence-electron chi connectivity index (χ0n) is 11.7. The summed E-state index contributed by atoms with van der Waals surface area (Å²) in [7, 11) is 0. The molecule has 0 spiro atoms. The van der Waals surface area contributed by atoms with Gasteiger partial charge < -0.3 is 15.8 Å². The van der Waals surface area contributed by atoms with Crippen LogP contribution >= 0.6 is 11.6 Å². The van der Waals surface area contributed by atoms with Gasteiger partial charge in [-0.2, -0.15) is 0 Å². The van der Waals surface area contributed by atoms with Crippen molar-refractivity contribution in [2.45, 2.75) is 26.7 Å². The maximum Gasteiger partial charge on any atom is 0.0978 e. The minimum atomic E-state index is 0.794. The lowest BCUT2D eigenvalue weighted by Crippen LogP contribution is -3.12. The van der Waals surface area contributed by atoms with Gasteiger partial charge in [0.2, 0.25) is 0 Å². The molecule has 1 aromatic carbocycles. The Balaban J connectivity index is 1.84. The molecule has 0 aliphatic carbocycles. The second-order valence-corrected chi connectivity index (χ2v) is 5.55. The van der Waals surface area contributed by atoms with Gasteiger partial charge >= 0.3 is 0 Å². The summed E-state index contributed by atoms with van der Waals surface area (Å²) in [6, 6.07) is 6.00. The molecule has 0 fully saturated rings. The molecular weight excluding hydrogens is 258 g/mol. The van der Waals surface area contributed by atoms with Crippen LogP contribution in [-0.2, 0) is 0 Å². The second kappa shape index (κ2) is 6.83. The predicted octanol–water partition coefficient (Wildman–Crippen LogP) is 2.15. The summed E-state index contributed by atoms with van der Waals surface area (Å²) in [4.78, 5) is 1.67. The Morgan fingerprint density at radius 3 is 2.79 bits per heavy atom. The number of anilines is 1. The molecule has 0 amide bonds. The molecule has 0 saturated carbocycles. The molecule has 1 heterocycles. The first-order valence-electron chi connectivity index (χ1n) is 7.00. The highest BCUT2D eigenvalue weighted by molar-refractivity contribution is 6.31. The molecule has 19 heavy (non-hydrogen) atoms. The standard InChI is InChI=1S/C15H22ClN3/c1-3-8-19-9-6-13(7-10-19)17-18-14-5-4-12(2)15(16)11-14/h4-6,11,17-18H,3,7-10H2,1-2H3/p+1. The Bertz CT molecular complexity index is 457. The average Bonchev–Trinajstić information content (AvgIpc) is 2.42. The second-order valence-electron chi connectivity index (χ2n) is 5.15. The summed E-state index contributed by atoms with van der Waals surface area (Å²) >= 11 is 6.10. The summed E-state index contributed by atoms with van der Waals surface area (Å²) in [6.45, 7) is 7.85. The highest BCUT2D eigenvalue weighted by Gasteiger charge is 2.13. The fourth-order valence-corrected chi connectivity index (χ4v) is 2.48. The molecule has 3 nitrogen and oxygen atoms in total. The normalized spacial score (nSPS) is 18.9. The number of hydrazine groups is 1. The van der Waals surface area contributed by atoms with Crippen molar-refractivity contribution in [3.8, 4) is 0 Å². The zero-order valence-corrected chi connectivity index (χ0v) is 12.5. The van der Waals surface area contributed by atoms with E-state index in [1.54, 1.807) is 4.90 Å². The topological polar surface area (TPSA) is 28.5 Å². The van der Waals surface area contributed by atoms with Crippen molar-refractivity contribution < 1.29 is 4.90 Å². The monoisotopic (exact) mass is 280 g/mol. The van der Waals surface area contributed by atoms with E-state index in [0.717, 1.165) is 29.2 Å². The van der Waals surface area contributed by atoms with Crippen molar-refractivity contribution in [3.05, 3.63) is 40.6 Å². The van der Waals surface area contributed by atoms with Gasteiger partial charge in [0.15, 0.2) is 0 Å². The Hall–Kier alpha value is -1.19. The van der Waals surface area contributed by atoms with Gasteiger partial charge in [0.05, 0.1) is 25.3 Å². The van der Waals surface area contributed by atoms with Crippen LogP contribution in [-0.4, -0.2) is 19.6 Å². The van der Waals surface area contributed by atoms with Crippen molar-refractivity contribution in [2.75, 3.05) is 25.1 Å². The van der Waals surface area contributed by atoms with Gasteiger partial charge in [0.1, 0.15) is 0 Å². The summed E-state index contributed by atoms with van der Waals surface area (Å²) in [5.74, 6) is 0. The molecule has 4 heteroatoms. The number of halogens is 1. The van der Waals surface area contributed by atoms with E-state index in [2.05, 4.69) is 23.9 Å². The SMILES string of the molecule is CCC[NH+]1CC=C(NNc2ccc(C)c(Cl)c2)CC1. The molecule has 104 valence electrons. The fraction of sp³-hybridized carbons (Fsp3) is 0.467. The van der Waals surface area contributed by atoms with Gasteiger partial charge in [0, 0.05) is 17.1 Å². The molecular formula is C15H23ClN3+. The van der Waals surface area contributed by atoms with Crippen molar-refractivity contribution in [2.24, 2.45) is 0 Å². The molecule has 2 rings (SSSR count). The first-order valence-corrected chi connectivity index (χ1v) is 7.37. The van der Waals surface area contributed by atoms with Crippen LogP contribution in [0.25, 0.3) is 0 Å². The summed E-state index contributed by atoms with van der Waals surface area (Å²) < 4.78 is 0. The number of nitrogens with one attached hydrogen (secondary N) is 3. The minimum Gasteiger partial charge on any atom is -0.331 e. The molecule has 1 atom stereocenters. The van der Waals surface area contributed by atoms with Crippen LogP contribution in [0.4, 0.5) is 5.69 Å². The third-order valence-corrected chi connectivity index (χ3v) is 3.94. The number of hydrogen-bond donors (Lipinski definition) is 3. The quantitative estimate of drug-likeness (QED) is 0.722. The van der Waals surface area contributed by atoms with Crippen molar-refractivity contribution in [1.82, 2.24) is 5.43 Å². The van der Waals surface area contributed by atoms with Crippen LogP contribution in [0.15, 0.2) is 30.0 Å². The van der Waals surface area contributed by atoms with Gasteiger partial charge in [-0.1, -0.05) is 24.6 Å². The van der Waals surface area contributed by atoms with Gasteiger partial charge in [0.25, 0.3) is 0 Å². The van der Waals surface area contributed by atoms with Gasteiger partial charge in [-0.15, -0.1) is 0 Å². The highest BCUT2D eigenvalue weighted by atomic mass is 35.5. The Morgan fingerprint density at radius 2 is 2.16 bits per heavy atom. The van der Waals surface area contributed by atoms with Gasteiger partial charge in [-0.25, -0.2) is 0 Å². The molecule has 1 unspecified atom stereocenters. The summed E-state index contributed by atoms with van der Waals surface area (Å²) in [6.07, 6.45) is 4.64. The van der Waals surface area contributed by atoms with Crippen LogP contribution in [0, 0.1) is 6.92 Å². The van der Waals surface area contributed by atoms with Crippen LogP contribution in [0.1, 0.15) is 25.3 Å². The lowest BCUT2D eigenvalue weighted by molar-refractivity contribution is -0.895. The maximum absolute atomic E-state index is 6.10. The van der Waals surface area contributed by atoms with Crippen molar-refractivity contribution in [1.29, 1.82) is 0 Å². The summed E-state index contributed by atoms with van der Waals surface area (Å²) in [5, 5.41) is 0.794. The van der Waals surface area contributed by atoms with Crippen LogP contribution in [0.5, 0.6) is 0 Å². The fourth-order valence-electron chi connectivity index (χ4n) is 2.30. The Kier molecular flexibility index (Phi) is 5.11. The molecule has 0 aromatic heterocycles. The van der Waals surface area contributed by atoms with E-state index in [4.69, 9.17) is 11.6 Å². The number of rotatable bonds is 5. The molecule has 0 bridgehead atoms. The molecule has 1 aliphatic rings. The molecule has 1 aliphatic heterocycles. The van der Waals surface area contributed by atoms with E-state index < -0.39 is 0 Å². The zero-order chi connectivity index (χ0) is 13.7. The van der Waals surface area contributed by atoms with E-state index in [-0.39, 0.29) is 0 Å². The predicted molar refractivity (Wildman–Crippen MR) is 81.5 cm³/mol. The Labute approximate surface area is 120 Å². The lowest BCUT2D eigenvalue weighted by atomic mass is 10.2. The third kappa shape index (κ3) is 4.15. The van der Waals surface area contributed by atoms with Crippen LogP contribution in [0.2, 0.25) is 5.02 Å². The van der Waals surface area contributed by atoms with Crippen molar-refractivity contribution >= 4 is 17.3 Å². The number of aryl methyl sites for hydroxylation is 1. The van der Waals surface area contributed by atoms with Crippen LogP contribution in [0.3, 0.4) is 0 Å². The van der Waals surface area contributed by atoms with E-state index in [9.17, 15) is 0 Å². The average molecular weight is 281 g/mol. The van der Waals surface area contributed by atoms with E-state index in [0.29, 0.717) is 0 Å². The Morgan fingerprint density at radius 1 is 1.32 bits per heavy atom. The summed E-state index contributed by atoms with van der Waals surface area (Å²) in [5.41, 5.74) is 9.88. The number of hydrogen-bond acceptors (Lipinski definition) is 2. The number of quaternary nitrogens is 1. The van der Waals surface area contributed by atoms with E-state index in [1.165, 1.54) is 25.2 Å².